The monoisotopic (exact) mass is 668 g/mol. The Kier molecular flexibility index (Phi) is 14.8. The number of carbonyl (C=O) groups excluding carboxylic acids is 2. The van der Waals surface area contributed by atoms with Crippen LogP contribution in [0.15, 0.2) is 77.7 Å². The normalized spacial score (nSPS) is 14.7. The smallest absolute Gasteiger partial charge is 0.328 e. The summed E-state index contributed by atoms with van der Waals surface area (Å²) >= 11 is 1.60. The molecule has 1 amide bonds. The van der Waals surface area contributed by atoms with Gasteiger partial charge >= 0.3 is 5.97 Å². The molecule has 0 radical (unpaired) electrons. The molecule has 10 heteroatoms. The number of sulfonamides is 1. The molecule has 46 heavy (non-hydrogen) atoms. The number of benzene rings is 3. The van der Waals surface area contributed by atoms with Crippen LogP contribution in [0, 0.1) is 18.8 Å². The van der Waals surface area contributed by atoms with E-state index in [2.05, 4.69) is 19.2 Å². The van der Waals surface area contributed by atoms with Crippen molar-refractivity contribution in [2.75, 3.05) is 32.2 Å². The zero-order chi connectivity index (χ0) is 33.7. The summed E-state index contributed by atoms with van der Waals surface area (Å²) in [6.07, 6.45) is 5.63. The first-order valence-corrected chi connectivity index (χ1v) is 18.6. The number of piperidine rings is 1. The average molecular weight is 669 g/mol. The van der Waals surface area contributed by atoms with E-state index < -0.39 is 22.0 Å². The Morgan fingerprint density at radius 3 is 2.24 bits per heavy atom. The largest absolute Gasteiger partial charge is 0.467 e. The first-order valence-electron chi connectivity index (χ1n) is 15.7. The van der Waals surface area contributed by atoms with Crippen LogP contribution in [0.2, 0.25) is 0 Å². The molecular formula is C36H48N2O6S2. The lowest BCUT2D eigenvalue weighted by Gasteiger charge is -2.31. The summed E-state index contributed by atoms with van der Waals surface area (Å²) < 4.78 is 31.3. The molecule has 250 valence electrons. The molecule has 8 nitrogen and oxygen atoms in total. The summed E-state index contributed by atoms with van der Waals surface area (Å²) in [7, 11) is -1.97. The summed E-state index contributed by atoms with van der Waals surface area (Å²) in [5.41, 5.74) is 3.84. The van der Waals surface area contributed by atoms with Crippen molar-refractivity contribution in [2.45, 2.75) is 64.0 Å². The van der Waals surface area contributed by atoms with Gasteiger partial charge in [0.05, 0.1) is 18.6 Å². The molecule has 0 spiro atoms. The van der Waals surface area contributed by atoms with Gasteiger partial charge in [-0.15, -0.1) is 0 Å². The number of hydrogen-bond acceptors (Lipinski definition) is 7. The maximum absolute atomic E-state index is 13.0. The van der Waals surface area contributed by atoms with Crippen LogP contribution in [-0.4, -0.2) is 68.0 Å². The number of nitrogens with one attached hydrogen (secondary N) is 1. The SMILES string of the molecule is CC(C)CC1CCN(S(=O)(=O)c2ccccc2)CC1.COC(=O)C(CCSC)NC(=O)c1ccc(CO)cc1-c1ccccc1C. The van der Waals surface area contributed by atoms with E-state index in [4.69, 9.17) is 4.74 Å². The number of hydrogen-bond donors (Lipinski definition) is 2. The first kappa shape index (κ1) is 37.3. The number of thioether (sulfide) groups is 1. The minimum atomic E-state index is -3.28. The maximum Gasteiger partial charge on any atom is 0.328 e. The highest BCUT2D eigenvalue weighted by Gasteiger charge is 2.29. The number of rotatable bonds is 12. The molecule has 1 unspecified atom stereocenters. The fraction of sp³-hybridized carbons (Fsp3) is 0.444. The van der Waals surface area contributed by atoms with Crippen LogP contribution in [0.5, 0.6) is 0 Å². The molecule has 1 aliphatic rings. The highest BCUT2D eigenvalue weighted by molar-refractivity contribution is 7.98. The number of esters is 1. The maximum atomic E-state index is 13.0. The molecule has 0 aromatic heterocycles. The second-order valence-corrected chi connectivity index (χ2v) is 14.9. The Hall–Kier alpha value is -3.18. The van der Waals surface area contributed by atoms with Crippen molar-refractivity contribution >= 4 is 33.7 Å². The fourth-order valence-electron chi connectivity index (χ4n) is 5.64. The molecule has 1 fully saturated rings. The van der Waals surface area contributed by atoms with Crippen LogP contribution >= 0.6 is 11.8 Å². The summed E-state index contributed by atoms with van der Waals surface area (Å²) in [5.74, 6) is 1.31. The summed E-state index contributed by atoms with van der Waals surface area (Å²) in [4.78, 5) is 25.4. The second kappa shape index (κ2) is 18.2. The summed E-state index contributed by atoms with van der Waals surface area (Å²) in [6.45, 7) is 7.64. The topological polar surface area (TPSA) is 113 Å². The number of ether oxygens (including phenoxy) is 1. The zero-order valence-corrected chi connectivity index (χ0v) is 29.2. The molecule has 3 aromatic carbocycles. The van der Waals surface area contributed by atoms with Crippen molar-refractivity contribution < 1.29 is 27.9 Å². The average Bonchev–Trinajstić information content (AvgIpc) is 3.06. The summed E-state index contributed by atoms with van der Waals surface area (Å²) in [5, 5.41) is 12.3. The van der Waals surface area contributed by atoms with Crippen LogP contribution in [0.1, 0.15) is 61.0 Å². The van der Waals surface area contributed by atoms with Gasteiger partial charge in [-0.2, -0.15) is 16.1 Å². The van der Waals surface area contributed by atoms with Gasteiger partial charge < -0.3 is 15.2 Å². The van der Waals surface area contributed by atoms with Crippen molar-refractivity contribution in [2.24, 2.45) is 11.8 Å². The molecular weight excluding hydrogens is 621 g/mol. The number of aliphatic hydroxyl groups excluding tert-OH is 1. The van der Waals surface area contributed by atoms with E-state index in [0.717, 1.165) is 40.8 Å². The van der Waals surface area contributed by atoms with E-state index in [1.807, 2.05) is 49.6 Å². The molecule has 1 atom stereocenters. The van der Waals surface area contributed by atoms with E-state index in [9.17, 15) is 23.1 Å². The van der Waals surface area contributed by atoms with Gasteiger partial charge in [0.2, 0.25) is 10.0 Å². The number of amides is 1. The lowest BCUT2D eigenvalue weighted by Crippen LogP contribution is -2.42. The summed E-state index contributed by atoms with van der Waals surface area (Å²) in [6, 6.07) is 21.0. The molecule has 4 rings (SSSR count). The van der Waals surface area contributed by atoms with Crippen LogP contribution in [-0.2, 0) is 26.2 Å². The van der Waals surface area contributed by atoms with Crippen LogP contribution in [0.3, 0.4) is 0 Å². The highest BCUT2D eigenvalue weighted by atomic mass is 32.2. The van der Waals surface area contributed by atoms with Crippen molar-refractivity contribution in [3.05, 3.63) is 89.5 Å². The molecule has 1 heterocycles. The molecule has 1 saturated heterocycles. The predicted octanol–water partition coefficient (Wildman–Crippen LogP) is 6.31. The van der Waals surface area contributed by atoms with Gasteiger partial charge in [-0.3, -0.25) is 4.79 Å². The Morgan fingerprint density at radius 2 is 1.65 bits per heavy atom. The lowest BCUT2D eigenvalue weighted by atomic mass is 9.89. The molecule has 1 aliphatic heterocycles. The Morgan fingerprint density at radius 1 is 1.00 bits per heavy atom. The minimum absolute atomic E-state index is 0.112. The zero-order valence-electron chi connectivity index (χ0n) is 27.6. The molecule has 2 N–H and O–H groups in total. The molecule has 0 bridgehead atoms. The van der Waals surface area contributed by atoms with E-state index >= 15 is 0 Å². The fourth-order valence-corrected chi connectivity index (χ4v) is 7.60. The van der Waals surface area contributed by atoms with Gasteiger partial charge in [-0.1, -0.05) is 62.4 Å². The lowest BCUT2D eigenvalue weighted by molar-refractivity contribution is -0.142. The Bertz CT molecular complexity index is 1520. The van der Waals surface area contributed by atoms with Crippen molar-refractivity contribution in [1.82, 2.24) is 9.62 Å². The predicted molar refractivity (Wildman–Crippen MR) is 186 cm³/mol. The van der Waals surface area contributed by atoms with Gasteiger partial charge in [-0.25, -0.2) is 13.2 Å². The number of aryl methyl sites for hydroxylation is 1. The number of methoxy groups -OCH3 is 1. The van der Waals surface area contributed by atoms with Gasteiger partial charge in [0.15, 0.2) is 0 Å². The first-order chi connectivity index (χ1) is 22.0. The second-order valence-electron chi connectivity index (χ2n) is 12.0. The van der Waals surface area contributed by atoms with Crippen molar-refractivity contribution in [3.8, 4) is 11.1 Å². The number of aliphatic hydroxyl groups is 1. The molecule has 0 aliphatic carbocycles. The highest BCUT2D eigenvalue weighted by Crippen LogP contribution is 2.29. The Labute approximate surface area is 279 Å². The van der Waals surface area contributed by atoms with E-state index in [-0.39, 0.29) is 12.5 Å². The van der Waals surface area contributed by atoms with Gasteiger partial charge in [0.1, 0.15) is 6.04 Å². The molecule has 3 aromatic rings. The third kappa shape index (κ3) is 10.4. The molecule has 0 saturated carbocycles. The van der Waals surface area contributed by atoms with Crippen molar-refractivity contribution in [3.63, 3.8) is 0 Å². The van der Waals surface area contributed by atoms with Crippen LogP contribution in [0.25, 0.3) is 11.1 Å². The minimum Gasteiger partial charge on any atom is -0.467 e. The van der Waals surface area contributed by atoms with Crippen molar-refractivity contribution in [1.29, 1.82) is 0 Å². The number of carbonyl (C=O) groups is 2. The standard InChI is InChI=1S/C21H25NO4S.C15H23NO2S/c1-14-6-4-5-7-16(14)18-12-15(13-23)8-9-17(18)20(24)22-19(10-11-27-3)21(25)26-2;1-13(2)12-14-8-10-16(11-9-14)19(17,18)15-6-4-3-5-7-15/h4-9,12,19,23H,10-11,13H2,1-3H3,(H,22,24);3-7,13-14H,8-12H2,1-2H3. The van der Waals surface area contributed by atoms with E-state index in [1.165, 1.54) is 13.5 Å². The quantitative estimate of drug-likeness (QED) is 0.218. The van der Waals surface area contributed by atoms with Crippen LogP contribution in [0.4, 0.5) is 0 Å². The third-order valence-corrected chi connectivity index (χ3v) is 10.7. The van der Waals surface area contributed by atoms with Gasteiger partial charge in [-0.05, 0) is 103 Å². The van der Waals surface area contributed by atoms with Gasteiger partial charge in [0, 0.05) is 18.7 Å². The number of nitrogens with zero attached hydrogens (tertiary/aromatic N) is 1. The Balaban J connectivity index is 0.000000266. The van der Waals surface area contributed by atoms with Crippen LogP contribution < -0.4 is 5.32 Å². The third-order valence-electron chi connectivity index (χ3n) is 8.11. The van der Waals surface area contributed by atoms with E-state index in [0.29, 0.717) is 41.8 Å². The van der Waals surface area contributed by atoms with E-state index in [1.54, 1.807) is 52.5 Å². The van der Waals surface area contributed by atoms with Gasteiger partial charge in [0.25, 0.3) is 5.91 Å².